The van der Waals surface area contributed by atoms with Crippen LogP contribution in [0.15, 0.2) is 23.1 Å². The van der Waals surface area contributed by atoms with Gasteiger partial charge in [0.15, 0.2) is 0 Å². The molecule has 138 valence electrons. The summed E-state index contributed by atoms with van der Waals surface area (Å²) in [6.45, 7) is 6.19. The van der Waals surface area contributed by atoms with Crippen LogP contribution in [0.4, 0.5) is 0 Å². The van der Waals surface area contributed by atoms with Gasteiger partial charge >= 0.3 is 0 Å². The zero-order valence-electron chi connectivity index (χ0n) is 14.2. The van der Waals surface area contributed by atoms with Crippen LogP contribution in [0.2, 0.25) is 0 Å². The smallest absolute Gasteiger partial charge is 0.251 e. The van der Waals surface area contributed by atoms with Crippen LogP contribution in [0.25, 0.3) is 0 Å². The molecule has 0 unspecified atom stereocenters. The van der Waals surface area contributed by atoms with Crippen molar-refractivity contribution in [3.05, 3.63) is 29.3 Å². The zero-order valence-corrected chi connectivity index (χ0v) is 15.9. The maximum Gasteiger partial charge on any atom is 0.251 e. The van der Waals surface area contributed by atoms with Gasteiger partial charge in [-0.05, 0) is 31.2 Å². The molecule has 0 saturated carbocycles. The van der Waals surface area contributed by atoms with E-state index >= 15 is 0 Å². The summed E-state index contributed by atoms with van der Waals surface area (Å²) >= 11 is 0. The van der Waals surface area contributed by atoms with E-state index in [0.29, 0.717) is 18.7 Å². The van der Waals surface area contributed by atoms with Crippen molar-refractivity contribution in [1.29, 1.82) is 0 Å². The van der Waals surface area contributed by atoms with Gasteiger partial charge in [0, 0.05) is 32.3 Å². The molecule has 7 nitrogen and oxygen atoms in total. The van der Waals surface area contributed by atoms with Crippen molar-refractivity contribution in [3.8, 4) is 0 Å². The van der Waals surface area contributed by atoms with Crippen molar-refractivity contribution in [2.75, 3.05) is 39.9 Å². The van der Waals surface area contributed by atoms with Crippen LogP contribution in [-0.2, 0) is 14.8 Å². The molecule has 0 aliphatic carbocycles. The van der Waals surface area contributed by atoms with Gasteiger partial charge in [-0.1, -0.05) is 13.0 Å². The molecule has 1 aromatic carbocycles. The number of sulfonamides is 1. The topological polar surface area (TPSA) is 96.5 Å². The number of hydrogen-bond donors (Lipinski definition) is 3. The molecule has 0 spiro atoms. The minimum Gasteiger partial charge on any atom is -0.383 e. The van der Waals surface area contributed by atoms with Gasteiger partial charge in [0.2, 0.25) is 10.0 Å². The molecule has 1 rings (SSSR count). The number of carbonyl (C=O) groups is 1. The molecule has 3 N–H and O–H groups in total. The van der Waals surface area contributed by atoms with Crippen molar-refractivity contribution in [2.45, 2.75) is 18.7 Å². The highest BCUT2D eigenvalue weighted by molar-refractivity contribution is 7.89. The van der Waals surface area contributed by atoms with Gasteiger partial charge in [0.25, 0.3) is 5.91 Å². The van der Waals surface area contributed by atoms with Crippen molar-refractivity contribution >= 4 is 28.3 Å². The second kappa shape index (κ2) is 11.4. The molecule has 0 radical (unpaired) electrons. The Morgan fingerprint density at radius 1 is 1.21 bits per heavy atom. The lowest BCUT2D eigenvalue weighted by Gasteiger charge is -2.11. The molecule has 1 amide bonds. The molecular formula is C15H26ClN3O4S. The highest BCUT2D eigenvalue weighted by Gasteiger charge is 2.17. The number of rotatable bonds is 10. The number of aryl methyl sites for hydroxylation is 1. The van der Waals surface area contributed by atoms with Gasteiger partial charge in [-0.25, -0.2) is 13.1 Å². The Labute approximate surface area is 150 Å². The monoisotopic (exact) mass is 379 g/mol. The minimum atomic E-state index is -3.66. The third-order valence-corrected chi connectivity index (χ3v) is 4.66. The zero-order chi connectivity index (χ0) is 17.3. The largest absolute Gasteiger partial charge is 0.383 e. The summed E-state index contributed by atoms with van der Waals surface area (Å²) in [5, 5.41) is 5.87. The molecule has 24 heavy (non-hydrogen) atoms. The molecule has 0 aliphatic rings. The summed E-state index contributed by atoms with van der Waals surface area (Å²) in [4.78, 5) is 12.3. The Kier molecular flexibility index (Phi) is 10.8. The molecule has 0 fully saturated rings. The van der Waals surface area contributed by atoms with Gasteiger partial charge in [0.05, 0.1) is 11.5 Å². The molecule has 1 aromatic rings. The van der Waals surface area contributed by atoms with Crippen molar-refractivity contribution in [1.82, 2.24) is 15.4 Å². The maximum absolute atomic E-state index is 12.2. The second-order valence-corrected chi connectivity index (χ2v) is 6.74. The summed E-state index contributed by atoms with van der Waals surface area (Å²) in [5.41, 5.74) is 1.08. The van der Waals surface area contributed by atoms with E-state index in [2.05, 4.69) is 15.4 Å². The number of hydrogen-bond acceptors (Lipinski definition) is 5. The van der Waals surface area contributed by atoms with Crippen LogP contribution in [0.1, 0.15) is 22.8 Å². The van der Waals surface area contributed by atoms with Crippen LogP contribution >= 0.6 is 12.4 Å². The summed E-state index contributed by atoms with van der Waals surface area (Å²) in [6.07, 6.45) is 0. The summed E-state index contributed by atoms with van der Waals surface area (Å²) in [7, 11) is -2.16. The fourth-order valence-electron chi connectivity index (χ4n) is 1.91. The van der Waals surface area contributed by atoms with Crippen molar-refractivity contribution < 1.29 is 17.9 Å². The fourth-order valence-corrected chi connectivity index (χ4v) is 2.95. The number of likely N-dealkylation sites (N-methyl/N-ethyl adjacent to an activating group) is 1. The number of methoxy groups -OCH3 is 1. The van der Waals surface area contributed by atoms with E-state index in [0.717, 1.165) is 12.1 Å². The first-order valence-electron chi connectivity index (χ1n) is 7.50. The Morgan fingerprint density at radius 3 is 2.54 bits per heavy atom. The molecule has 0 saturated heterocycles. The molecule has 0 aromatic heterocycles. The molecule has 0 bridgehead atoms. The van der Waals surface area contributed by atoms with E-state index in [1.807, 2.05) is 6.92 Å². The number of ether oxygens (including phenoxy) is 1. The van der Waals surface area contributed by atoms with E-state index in [-0.39, 0.29) is 36.4 Å². The van der Waals surface area contributed by atoms with Crippen molar-refractivity contribution in [3.63, 3.8) is 0 Å². The Morgan fingerprint density at radius 2 is 1.92 bits per heavy atom. The van der Waals surface area contributed by atoms with Crippen LogP contribution in [0.3, 0.4) is 0 Å². The predicted molar refractivity (Wildman–Crippen MR) is 96.4 cm³/mol. The average molecular weight is 380 g/mol. The van der Waals surface area contributed by atoms with E-state index in [1.54, 1.807) is 13.0 Å². The van der Waals surface area contributed by atoms with Crippen LogP contribution in [0, 0.1) is 6.92 Å². The highest BCUT2D eigenvalue weighted by atomic mass is 35.5. The van der Waals surface area contributed by atoms with Crippen molar-refractivity contribution in [2.24, 2.45) is 0 Å². The Hall–Kier alpha value is -1.19. The molecule has 0 heterocycles. The summed E-state index contributed by atoms with van der Waals surface area (Å²) in [5.74, 6) is -0.283. The third kappa shape index (κ3) is 7.14. The van der Waals surface area contributed by atoms with Crippen LogP contribution in [-0.4, -0.2) is 54.2 Å². The Bertz CT molecular complexity index is 623. The van der Waals surface area contributed by atoms with Crippen LogP contribution < -0.4 is 15.4 Å². The van der Waals surface area contributed by atoms with Gasteiger partial charge in [-0.15, -0.1) is 12.4 Å². The predicted octanol–water partition coefficient (Wildman–Crippen LogP) is 0.681. The molecule has 0 atom stereocenters. The molecule has 9 heteroatoms. The standard InChI is InChI=1S/C15H25N3O4S.ClH/c1-4-16-7-8-17-15(19)14-11-13(6-5-12(14)2)23(20,21)18-9-10-22-3;/h5-6,11,16,18H,4,7-10H2,1-3H3,(H,17,19);1H. The number of halogens is 1. The SMILES string of the molecule is CCNCCNC(=O)c1cc(S(=O)(=O)NCCOC)ccc1C.Cl. The number of amides is 1. The van der Waals surface area contributed by atoms with E-state index < -0.39 is 10.0 Å². The summed E-state index contributed by atoms with van der Waals surface area (Å²) < 4.78 is 31.6. The van der Waals surface area contributed by atoms with E-state index in [9.17, 15) is 13.2 Å². The maximum atomic E-state index is 12.2. The van der Waals surface area contributed by atoms with E-state index in [1.165, 1.54) is 19.2 Å². The van der Waals surface area contributed by atoms with Gasteiger partial charge in [-0.3, -0.25) is 4.79 Å². The number of carbonyl (C=O) groups excluding carboxylic acids is 1. The van der Waals surface area contributed by atoms with Gasteiger partial charge < -0.3 is 15.4 Å². The lowest BCUT2D eigenvalue weighted by Crippen LogP contribution is -2.32. The number of nitrogens with one attached hydrogen (secondary N) is 3. The third-order valence-electron chi connectivity index (χ3n) is 3.20. The first kappa shape index (κ1) is 22.8. The highest BCUT2D eigenvalue weighted by Crippen LogP contribution is 2.15. The van der Waals surface area contributed by atoms with Crippen LogP contribution in [0.5, 0.6) is 0 Å². The first-order chi connectivity index (χ1) is 10.9. The molecular weight excluding hydrogens is 354 g/mol. The number of benzene rings is 1. The second-order valence-electron chi connectivity index (χ2n) is 4.98. The minimum absolute atomic E-state index is 0. The average Bonchev–Trinajstić information content (AvgIpc) is 2.51. The molecule has 0 aliphatic heterocycles. The normalized spacial score (nSPS) is 11.0. The first-order valence-corrected chi connectivity index (χ1v) is 8.99. The Balaban J connectivity index is 0.00000529. The fraction of sp³-hybridized carbons (Fsp3) is 0.533. The van der Waals surface area contributed by atoms with Gasteiger partial charge in [-0.2, -0.15) is 0 Å². The lowest BCUT2D eigenvalue weighted by molar-refractivity contribution is 0.0953. The van der Waals surface area contributed by atoms with E-state index in [4.69, 9.17) is 4.74 Å². The van der Waals surface area contributed by atoms with Gasteiger partial charge in [0.1, 0.15) is 0 Å². The quantitative estimate of drug-likeness (QED) is 0.519. The summed E-state index contributed by atoms with van der Waals surface area (Å²) in [6, 6.07) is 4.51. The lowest BCUT2D eigenvalue weighted by atomic mass is 10.1.